The van der Waals surface area contributed by atoms with Gasteiger partial charge in [0.25, 0.3) is 0 Å². The molecule has 132 valence electrons. The fraction of sp³-hybridized carbons (Fsp3) is 0.625. The lowest BCUT2D eigenvalue weighted by Gasteiger charge is -2.33. The molecule has 24 heavy (non-hydrogen) atoms. The summed E-state index contributed by atoms with van der Waals surface area (Å²) in [7, 11) is -3.49. The molecule has 1 unspecified atom stereocenters. The van der Waals surface area contributed by atoms with Crippen molar-refractivity contribution in [1.29, 1.82) is 0 Å². The molecule has 8 heteroatoms. The lowest BCUT2D eigenvalue weighted by molar-refractivity contribution is -0.123. The van der Waals surface area contributed by atoms with Gasteiger partial charge in [0.2, 0.25) is 15.9 Å². The number of carbonyl (C=O) groups is 1. The largest absolute Gasteiger partial charge is 0.352 e. The van der Waals surface area contributed by atoms with Crippen molar-refractivity contribution in [2.24, 2.45) is 5.92 Å². The number of nitrogens with one attached hydrogen (secondary N) is 1. The molecule has 1 saturated heterocycles. The maximum atomic E-state index is 12.5. The van der Waals surface area contributed by atoms with Gasteiger partial charge in [-0.25, -0.2) is 8.42 Å². The maximum Gasteiger partial charge on any atom is 0.244 e. The molecular weight excluding hydrogens is 328 g/mol. The summed E-state index contributed by atoms with van der Waals surface area (Å²) < 4.78 is 26.5. The topological polar surface area (TPSA) is 82.6 Å². The van der Waals surface area contributed by atoms with Gasteiger partial charge >= 0.3 is 0 Å². The van der Waals surface area contributed by atoms with E-state index >= 15 is 0 Å². The van der Waals surface area contributed by atoms with E-state index in [4.69, 9.17) is 0 Å². The third-order valence-electron chi connectivity index (χ3n) is 4.69. The van der Waals surface area contributed by atoms with E-state index in [1.165, 1.54) is 23.3 Å². The average Bonchev–Trinajstić information content (AvgIpc) is 3.41. The molecule has 2 heterocycles. The Labute approximate surface area is 143 Å². The summed E-state index contributed by atoms with van der Waals surface area (Å²) in [5, 5.41) is 3.04. The number of amides is 1. The number of nitrogens with zero attached hydrogens (tertiary/aromatic N) is 3. The SMILES string of the molecule is CC(NC(=O)CN1CCN(S(=O)(=O)c2cccnc2)CC1)C1CC1. The summed E-state index contributed by atoms with van der Waals surface area (Å²) in [6.45, 7) is 4.28. The van der Waals surface area contributed by atoms with E-state index < -0.39 is 10.0 Å². The summed E-state index contributed by atoms with van der Waals surface area (Å²) in [6, 6.07) is 3.42. The highest BCUT2D eigenvalue weighted by molar-refractivity contribution is 7.89. The second kappa shape index (κ2) is 7.16. The number of rotatable bonds is 6. The molecule has 1 amide bonds. The molecule has 1 saturated carbocycles. The van der Waals surface area contributed by atoms with Crippen LogP contribution >= 0.6 is 0 Å². The minimum atomic E-state index is -3.49. The molecule has 7 nitrogen and oxygen atoms in total. The summed E-state index contributed by atoms with van der Waals surface area (Å²) >= 11 is 0. The summed E-state index contributed by atoms with van der Waals surface area (Å²) in [5.41, 5.74) is 0. The minimum absolute atomic E-state index is 0.0259. The summed E-state index contributed by atoms with van der Waals surface area (Å²) in [4.78, 5) is 18.2. The van der Waals surface area contributed by atoms with Crippen LogP contribution in [0.2, 0.25) is 0 Å². The third-order valence-corrected chi connectivity index (χ3v) is 6.57. The van der Waals surface area contributed by atoms with Crippen molar-refractivity contribution < 1.29 is 13.2 Å². The Bertz CT molecular complexity index is 668. The second-order valence-corrected chi connectivity index (χ2v) is 8.50. The van der Waals surface area contributed by atoms with E-state index in [1.54, 1.807) is 18.3 Å². The number of pyridine rings is 1. The Morgan fingerprint density at radius 3 is 2.62 bits per heavy atom. The van der Waals surface area contributed by atoms with Gasteiger partial charge in [-0.05, 0) is 37.8 Å². The van der Waals surface area contributed by atoms with E-state index in [9.17, 15) is 13.2 Å². The first-order valence-electron chi connectivity index (χ1n) is 8.39. The van der Waals surface area contributed by atoms with E-state index in [0.717, 1.165) is 0 Å². The van der Waals surface area contributed by atoms with Gasteiger partial charge in [-0.3, -0.25) is 14.7 Å². The number of hydrogen-bond acceptors (Lipinski definition) is 5. The number of piperazine rings is 1. The molecule has 1 atom stereocenters. The van der Waals surface area contributed by atoms with Crippen LogP contribution in [-0.2, 0) is 14.8 Å². The first-order valence-corrected chi connectivity index (χ1v) is 9.83. The van der Waals surface area contributed by atoms with Crippen LogP contribution in [0.25, 0.3) is 0 Å². The van der Waals surface area contributed by atoms with Crippen molar-refractivity contribution in [2.45, 2.75) is 30.7 Å². The maximum absolute atomic E-state index is 12.5. The van der Waals surface area contributed by atoms with E-state index in [2.05, 4.69) is 10.3 Å². The van der Waals surface area contributed by atoms with Crippen LogP contribution in [-0.4, -0.2) is 67.3 Å². The molecule has 2 fully saturated rings. The highest BCUT2D eigenvalue weighted by Gasteiger charge is 2.31. The van der Waals surface area contributed by atoms with Crippen LogP contribution in [0.15, 0.2) is 29.4 Å². The zero-order chi connectivity index (χ0) is 17.2. The van der Waals surface area contributed by atoms with Gasteiger partial charge in [-0.2, -0.15) is 4.31 Å². The van der Waals surface area contributed by atoms with Gasteiger partial charge in [0, 0.05) is 44.6 Å². The van der Waals surface area contributed by atoms with Crippen molar-refractivity contribution in [3.63, 3.8) is 0 Å². The predicted octanol–water partition coefficient (Wildman–Crippen LogP) is 0.303. The molecule has 0 spiro atoms. The molecule has 0 bridgehead atoms. The lowest BCUT2D eigenvalue weighted by Crippen LogP contribution is -2.51. The average molecular weight is 352 g/mol. The fourth-order valence-electron chi connectivity index (χ4n) is 2.99. The Morgan fingerprint density at radius 1 is 1.33 bits per heavy atom. The standard InChI is InChI=1S/C16H24N4O3S/c1-13(14-4-5-14)18-16(21)12-19-7-9-20(10-8-19)24(22,23)15-3-2-6-17-11-15/h2-3,6,11,13-14H,4-5,7-10,12H2,1H3,(H,18,21). The molecule has 3 rings (SSSR count). The van der Waals surface area contributed by atoms with Crippen molar-refractivity contribution in [1.82, 2.24) is 19.5 Å². The minimum Gasteiger partial charge on any atom is -0.352 e. The molecule has 0 aromatic carbocycles. The van der Waals surface area contributed by atoms with Crippen LogP contribution in [0.4, 0.5) is 0 Å². The van der Waals surface area contributed by atoms with Gasteiger partial charge in [-0.1, -0.05) is 0 Å². The van der Waals surface area contributed by atoms with Crippen LogP contribution in [0.3, 0.4) is 0 Å². The number of hydrogen-bond donors (Lipinski definition) is 1. The van der Waals surface area contributed by atoms with Crippen LogP contribution < -0.4 is 5.32 Å². The second-order valence-electron chi connectivity index (χ2n) is 6.56. The van der Waals surface area contributed by atoms with Crippen molar-refractivity contribution in [3.8, 4) is 0 Å². The number of carbonyl (C=O) groups excluding carboxylic acids is 1. The zero-order valence-corrected chi connectivity index (χ0v) is 14.7. The molecule has 1 aromatic heterocycles. The highest BCUT2D eigenvalue weighted by atomic mass is 32.2. The zero-order valence-electron chi connectivity index (χ0n) is 13.9. The molecule has 2 aliphatic rings. The van der Waals surface area contributed by atoms with Crippen LogP contribution in [0.1, 0.15) is 19.8 Å². The number of aromatic nitrogens is 1. The van der Waals surface area contributed by atoms with Gasteiger partial charge in [-0.15, -0.1) is 0 Å². The molecule has 0 radical (unpaired) electrons. The van der Waals surface area contributed by atoms with E-state index in [0.29, 0.717) is 38.6 Å². The Morgan fingerprint density at radius 2 is 2.04 bits per heavy atom. The van der Waals surface area contributed by atoms with E-state index in [1.807, 2.05) is 11.8 Å². The predicted molar refractivity (Wildman–Crippen MR) is 89.8 cm³/mol. The van der Waals surface area contributed by atoms with Gasteiger partial charge in [0.15, 0.2) is 0 Å². The molecule has 1 N–H and O–H groups in total. The molecule has 1 aliphatic carbocycles. The normalized spacial score (nSPS) is 21.4. The fourth-order valence-corrected chi connectivity index (χ4v) is 4.38. The first-order chi connectivity index (χ1) is 11.5. The number of sulfonamides is 1. The molecule has 1 aromatic rings. The highest BCUT2D eigenvalue weighted by Crippen LogP contribution is 2.32. The van der Waals surface area contributed by atoms with Crippen LogP contribution in [0, 0.1) is 5.92 Å². The van der Waals surface area contributed by atoms with Gasteiger partial charge < -0.3 is 5.32 Å². The lowest BCUT2D eigenvalue weighted by atomic mass is 10.2. The van der Waals surface area contributed by atoms with Crippen LogP contribution in [0.5, 0.6) is 0 Å². The molecule has 1 aliphatic heterocycles. The van der Waals surface area contributed by atoms with Crippen molar-refractivity contribution in [3.05, 3.63) is 24.5 Å². The van der Waals surface area contributed by atoms with Gasteiger partial charge in [0.05, 0.1) is 6.54 Å². The summed E-state index contributed by atoms with van der Waals surface area (Å²) in [5.74, 6) is 0.661. The Hall–Kier alpha value is -1.51. The first kappa shape index (κ1) is 17.3. The van der Waals surface area contributed by atoms with Crippen molar-refractivity contribution in [2.75, 3.05) is 32.7 Å². The summed E-state index contributed by atoms with van der Waals surface area (Å²) in [6.07, 6.45) is 5.32. The van der Waals surface area contributed by atoms with Crippen molar-refractivity contribution >= 4 is 15.9 Å². The monoisotopic (exact) mass is 352 g/mol. The van der Waals surface area contributed by atoms with Gasteiger partial charge in [0.1, 0.15) is 4.90 Å². The Balaban J connectivity index is 1.49. The van der Waals surface area contributed by atoms with E-state index in [-0.39, 0.29) is 16.8 Å². The Kier molecular flexibility index (Phi) is 5.17. The quantitative estimate of drug-likeness (QED) is 0.796. The third kappa shape index (κ3) is 4.12. The molecular formula is C16H24N4O3S. The smallest absolute Gasteiger partial charge is 0.244 e.